The van der Waals surface area contributed by atoms with Crippen molar-refractivity contribution in [3.05, 3.63) is 53.0 Å². The molecule has 2 rings (SSSR count). The average molecular weight is 294 g/mol. The molecule has 0 atom stereocenters. The molecule has 0 aliphatic rings. The summed E-state index contributed by atoms with van der Waals surface area (Å²) < 4.78 is 32.4. The van der Waals surface area contributed by atoms with Gasteiger partial charge in [-0.05, 0) is 25.0 Å². The maximum absolute atomic E-state index is 12.3. The summed E-state index contributed by atoms with van der Waals surface area (Å²) in [6.07, 6.45) is 0. The van der Waals surface area contributed by atoms with Crippen LogP contribution in [0, 0.1) is 13.8 Å². The normalized spacial score (nSPS) is 11.8. The Balaban J connectivity index is 2.19. The van der Waals surface area contributed by atoms with Crippen molar-refractivity contribution in [1.29, 1.82) is 0 Å². The van der Waals surface area contributed by atoms with E-state index in [2.05, 4.69) is 4.72 Å². The van der Waals surface area contributed by atoms with Gasteiger partial charge >= 0.3 is 0 Å². The summed E-state index contributed by atoms with van der Waals surface area (Å²) in [5, 5.41) is 0. The molecular weight excluding hydrogens is 276 g/mol. The Kier molecular flexibility index (Phi) is 4.27. The molecule has 0 amide bonds. The molecule has 6 heteroatoms. The molecule has 0 saturated heterocycles. The van der Waals surface area contributed by atoms with Gasteiger partial charge in [0.05, 0.1) is 6.54 Å². The first-order valence-electron chi connectivity index (χ1n) is 6.27. The number of furan rings is 1. The number of rotatable bonds is 5. The molecule has 0 aliphatic heterocycles. The van der Waals surface area contributed by atoms with Gasteiger partial charge in [-0.1, -0.05) is 24.3 Å². The Morgan fingerprint density at radius 1 is 1.25 bits per heavy atom. The second-order valence-electron chi connectivity index (χ2n) is 4.59. The Bertz CT molecular complexity index is 705. The Hall–Kier alpha value is -1.63. The van der Waals surface area contributed by atoms with Crippen LogP contribution < -0.4 is 10.5 Å². The van der Waals surface area contributed by atoms with Crippen LogP contribution in [0.3, 0.4) is 0 Å². The second kappa shape index (κ2) is 5.78. The van der Waals surface area contributed by atoms with Gasteiger partial charge in [0.1, 0.15) is 16.4 Å². The van der Waals surface area contributed by atoms with Crippen LogP contribution in [0.25, 0.3) is 0 Å². The highest BCUT2D eigenvalue weighted by molar-refractivity contribution is 7.89. The Morgan fingerprint density at radius 3 is 2.55 bits per heavy atom. The molecule has 0 aliphatic carbocycles. The highest BCUT2D eigenvalue weighted by atomic mass is 32.2. The van der Waals surface area contributed by atoms with Crippen molar-refractivity contribution in [3.63, 3.8) is 0 Å². The molecule has 0 fully saturated rings. The lowest BCUT2D eigenvalue weighted by Crippen LogP contribution is -2.23. The van der Waals surface area contributed by atoms with Gasteiger partial charge in [0.25, 0.3) is 0 Å². The Labute approximate surface area is 118 Å². The lowest BCUT2D eigenvalue weighted by Gasteiger charge is -2.08. The SMILES string of the molecule is Cc1ccccc1CNS(=O)(=O)c1cc(CN)oc1C. The van der Waals surface area contributed by atoms with Crippen LogP contribution in [-0.4, -0.2) is 8.42 Å². The molecular formula is C14H18N2O3S. The number of hydrogen-bond donors (Lipinski definition) is 2. The number of aryl methyl sites for hydroxylation is 2. The van der Waals surface area contributed by atoms with Gasteiger partial charge in [-0.2, -0.15) is 0 Å². The standard InChI is InChI=1S/C14H18N2O3S/c1-10-5-3-4-6-12(10)9-16-20(17,18)14-7-13(8-15)19-11(14)2/h3-7,16H,8-9,15H2,1-2H3. The van der Waals surface area contributed by atoms with Gasteiger partial charge in [0.15, 0.2) is 0 Å². The monoisotopic (exact) mass is 294 g/mol. The van der Waals surface area contributed by atoms with Crippen molar-refractivity contribution in [2.24, 2.45) is 5.73 Å². The first kappa shape index (κ1) is 14.8. The molecule has 3 N–H and O–H groups in total. The van der Waals surface area contributed by atoms with Crippen molar-refractivity contribution < 1.29 is 12.8 Å². The molecule has 0 bridgehead atoms. The third-order valence-corrected chi connectivity index (χ3v) is 4.64. The topological polar surface area (TPSA) is 85.3 Å². The molecule has 0 saturated carbocycles. The van der Waals surface area contributed by atoms with E-state index < -0.39 is 10.0 Å². The van der Waals surface area contributed by atoms with Gasteiger partial charge < -0.3 is 10.2 Å². The van der Waals surface area contributed by atoms with Crippen LogP contribution in [0.1, 0.15) is 22.6 Å². The van der Waals surface area contributed by atoms with Crippen molar-refractivity contribution in [2.45, 2.75) is 31.8 Å². The van der Waals surface area contributed by atoms with Crippen molar-refractivity contribution in [2.75, 3.05) is 0 Å². The van der Waals surface area contributed by atoms with Crippen LogP contribution in [0.4, 0.5) is 0 Å². The number of hydrogen-bond acceptors (Lipinski definition) is 4. The molecule has 1 aromatic heterocycles. The summed E-state index contributed by atoms with van der Waals surface area (Å²) in [6.45, 7) is 3.98. The largest absolute Gasteiger partial charge is 0.464 e. The van der Waals surface area contributed by atoms with Crippen LogP contribution in [0.5, 0.6) is 0 Å². The zero-order chi connectivity index (χ0) is 14.8. The summed E-state index contributed by atoms with van der Waals surface area (Å²) >= 11 is 0. The highest BCUT2D eigenvalue weighted by Gasteiger charge is 2.20. The lowest BCUT2D eigenvalue weighted by molar-refractivity contribution is 0.478. The van der Waals surface area contributed by atoms with E-state index in [4.69, 9.17) is 10.2 Å². The first-order chi connectivity index (χ1) is 9.44. The van der Waals surface area contributed by atoms with Gasteiger partial charge in [-0.15, -0.1) is 0 Å². The fraction of sp³-hybridized carbons (Fsp3) is 0.286. The summed E-state index contributed by atoms with van der Waals surface area (Å²) in [6, 6.07) is 9.10. The van der Waals surface area contributed by atoms with E-state index in [-0.39, 0.29) is 18.0 Å². The van der Waals surface area contributed by atoms with Gasteiger partial charge in [0.2, 0.25) is 10.0 Å². The van der Waals surface area contributed by atoms with E-state index >= 15 is 0 Å². The van der Waals surface area contributed by atoms with E-state index in [9.17, 15) is 8.42 Å². The van der Waals surface area contributed by atoms with Crippen LogP contribution in [-0.2, 0) is 23.1 Å². The third kappa shape index (κ3) is 3.09. The summed E-state index contributed by atoms with van der Waals surface area (Å²) in [4.78, 5) is 0.145. The maximum Gasteiger partial charge on any atom is 0.244 e. The minimum absolute atomic E-state index is 0.145. The fourth-order valence-corrected chi connectivity index (χ4v) is 3.16. The molecule has 2 aromatic rings. The van der Waals surface area contributed by atoms with E-state index in [0.717, 1.165) is 11.1 Å². The molecule has 0 unspecified atom stereocenters. The fourth-order valence-electron chi connectivity index (χ4n) is 1.95. The van der Waals surface area contributed by atoms with E-state index in [1.807, 2.05) is 31.2 Å². The van der Waals surface area contributed by atoms with E-state index in [0.29, 0.717) is 11.5 Å². The molecule has 20 heavy (non-hydrogen) atoms. The summed E-state index contributed by atoms with van der Waals surface area (Å²) in [5.74, 6) is 0.807. The third-order valence-electron chi connectivity index (χ3n) is 3.13. The predicted octanol–water partition coefficient (Wildman–Crippen LogP) is 1.83. The van der Waals surface area contributed by atoms with E-state index in [1.54, 1.807) is 6.92 Å². The molecule has 0 spiro atoms. The molecule has 5 nitrogen and oxygen atoms in total. The number of nitrogens with one attached hydrogen (secondary N) is 1. The van der Waals surface area contributed by atoms with Gasteiger partial charge in [-0.3, -0.25) is 0 Å². The summed E-state index contributed by atoms with van der Waals surface area (Å²) in [7, 11) is -3.59. The van der Waals surface area contributed by atoms with Crippen molar-refractivity contribution in [3.8, 4) is 0 Å². The number of sulfonamides is 1. The predicted molar refractivity (Wildman–Crippen MR) is 76.5 cm³/mol. The van der Waals surface area contributed by atoms with Crippen molar-refractivity contribution in [1.82, 2.24) is 4.72 Å². The highest BCUT2D eigenvalue weighted by Crippen LogP contribution is 2.20. The Morgan fingerprint density at radius 2 is 1.95 bits per heavy atom. The summed E-state index contributed by atoms with van der Waals surface area (Å²) in [5.41, 5.74) is 7.44. The zero-order valence-corrected chi connectivity index (χ0v) is 12.3. The van der Waals surface area contributed by atoms with Crippen LogP contribution in [0.2, 0.25) is 0 Å². The maximum atomic E-state index is 12.3. The molecule has 0 radical (unpaired) electrons. The molecule has 1 aromatic carbocycles. The van der Waals surface area contributed by atoms with Crippen LogP contribution in [0.15, 0.2) is 39.6 Å². The minimum Gasteiger partial charge on any atom is -0.464 e. The molecule has 108 valence electrons. The van der Waals surface area contributed by atoms with Gasteiger partial charge in [0, 0.05) is 12.6 Å². The zero-order valence-electron chi connectivity index (χ0n) is 11.5. The number of nitrogens with two attached hydrogens (primary N) is 1. The molecule has 1 heterocycles. The smallest absolute Gasteiger partial charge is 0.244 e. The second-order valence-corrected chi connectivity index (χ2v) is 6.32. The minimum atomic E-state index is -3.59. The van der Waals surface area contributed by atoms with Crippen LogP contribution >= 0.6 is 0 Å². The lowest BCUT2D eigenvalue weighted by atomic mass is 10.1. The number of benzene rings is 1. The van der Waals surface area contributed by atoms with E-state index in [1.165, 1.54) is 6.07 Å². The van der Waals surface area contributed by atoms with Crippen molar-refractivity contribution >= 4 is 10.0 Å². The van der Waals surface area contributed by atoms with Gasteiger partial charge in [-0.25, -0.2) is 13.1 Å². The average Bonchev–Trinajstić information content (AvgIpc) is 2.80. The first-order valence-corrected chi connectivity index (χ1v) is 7.76. The quantitative estimate of drug-likeness (QED) is 0.881.